The van der Waals surface area contributed by atoms with E-state index < -0.39 is 0 Å². The van der Waals surface area contributed by atoms with Gasteiger partial charge in [0.15, 0.2) is 11.6 Å². The maximum atomic E-state index is 11.6. The van der Waals surface area contributed by atoms with Gasteiger partial charge in [0.05, 0.1) is 5.57 Å². The number of allylic oxidation sites excluding steroid dienone is 2. The molecule has 2 nitrogen and oxygen atoms in total. The molecule has 0 unspecified atom stereocenters. The minimum absolute atomic E-state index is 0.0275. The topological polar surface area (TPSA) is 34.1 Å². The Balaban J connectivity index is 2.81. The summed E-state index contributed by atoms with van der Waals surface area (Å²) >= 11 is 0. The smallest absolute Gasteiger partial charge is 0.166 e. The predicted molar refractivity (Wildman–Crippen MR) is 56.0 cm³/mol. The van der Waals surface area contributed by atoms with E-state index in [1.807, 2.05) is 20.8 Å². The van der Waals surface area contributed by atoms with Crippen molar-refractivity contribution in [3.05, 3.63) is 11.6 Å². The number of hydrogen-bond donors (Lipinski definition) is 0. The van der Waals surface area contributed by atoms with Gasteiger partial charge in [0.1, 0.15) is 0 Å². The Kier molecular flexibility index (Phi) is 3.25. The van der Waals surface area contributed by atoms with Gasteiger partial charge < -0.3 is 0 Å². The molecule has 1 aliphatic rings. The van der Waals surface area contributed by atoms with Crippen LogP contribution in [0.4, 0.5) is 0 Å². The summed E-state index contributed by atoms with van der Waals surface area (Å²) in [5, 5.41) is 0. The lowest BCUT2D eigenvalue weighted by Gasteiger charge is -2.28. The van der Waals surface area contributed by atoms with Crippen LogP contribution in [0.2, 0.25) is 0 Å². The van der Waals surface area contributed by atoms with Gasteiger partial charge in [0.2, 0.25) is 0 Å². The summed E-state index contributed by atoms with van der Waals surface area (Å²) in [6.07, 6.45) is 4.63. The second-order valence-electron chi connectivity index (χ2n) is 4.77. The molecule has 0 aromatic heterocycles. The van der Waals surface area contributed by atoms with Crippen molar-refractivity contribution in [2.24, 2.45) is 5.41 Å². The Morgan fingerprint density at radius 3 is 2.14 bits per heavy atom. The number of carbonyl (C=O) groups is 2. The van der Waals surface area contributed by atoms with Crippen LogP contribution in [0.25, 0.3) is 0 Å². The van der Waals surface area contributed by atoms with Crippen LogP contribution in [0.1, 0.15) is 46.5 Å². The quantitative estimate of drug-likeness (QED) is 0.500. The minimum Gasteiger partial charge on any atom is -0.294 e. The van der Waals surface area contributed by atoms with Crippen molar-refractivity contribution < 1.29 is 9.59 Å². The molecule has 1 rings (SSSR count). The molecular formula is C12H18O2. The maximum absolute atomic E-state index is 11.6. The summed E-state index contributed by atoms with van der Waals surface area (Å²) in [6, 6.07) is 0. The van der Waals surface area contributed by atoms with Gasteiger partial charge in [-0.3, -0.25) is 9.59 Å². The molecule has 2 heteroatoms. The molecule has 1 aliphatic carbocycles. The van der Waals surface area contributed by atoms with Gasteiger partial charge >= 0.3 is 0 Å². The van der Waals surface area contributed by atoms with Crippen LogP contribution in [-0.4, -0.2) is 11.6 Å². The van der Waals surface area contributed by atoms with E-state index in [-0.39, 0.29) is 17.0 Å². The summed E-state index contributed by atoms with van der Waals surface area (Å²) in [5.41, 5.74) is 0.309. The van der Waals surface area contributed by atoms with Crippen LogP contribution in [-0.2, 0) is 9.59 Å². The van der Waals surface area contributed by atoms with E-state index in [1.165, 1.54) is 0 Å². The highest BCUT2D eigenvalue weighted by Crippen LogP contribution is 2.33. The van der Waals surface area contributed by atoms with Gasteiger partial charge in [-0.1, -0.05) is 33.3 Å². The van der Waals surface area contributed by atoms with Crippen molar-refractivity contribution in [1.82, 2.24) is 0 Å². The number of hydrogen-bond acceptors (Lipinski definition) is 2. The second kappa shape index (κ2) is 4.07. The Morgan fingerprint density at radius 2 is 1.71 bits per heavy atom. The normalized spacial score (nSPS) is 21.2. The summed E-state index contributed by atoms with van der Waals surface area (Å²) in [5.74, 6) is 0.0550. The van der Waals surface area contributed by atoms with E-state index in [2.05, 4.69) is 0 Å². The Labute approximate surface area is 85.4 Å². The monoisotopic (exact) mass is 194 g/mol. The molecule has 78 valence electrons. The zero-order valence-corrected chi connectivity index (χ0v) is 9.22. The van der Waals surface area contributed by atoms with Crippen LogP contribution in [0.5, 0.6) is 0 Å². The molecule has 0 bridgehead atoms. The van der Waals surface area contributed by atoms with E-state index >= 15 is 0 Å². The molecule has 0 aromatic rings. The van der Waals surface area contributed by atoms with E-state index in [0.29, 0.717) is 18.4 Å². The first kappa shape index (κ1) is 11.2. The first-order valence-corrected chi connectivity index (χ1v) is 5.23. The van der Waals surface area contributed by atoms with Gasteiger partial charge in [-0.15, -0.1) is 0 Å². The van der Waals surface area contributed by atoms with Crippen molar-refractivity contribution in [2.45, 2.75) is 46.5 Å². The molecule has 0 atom stereocenters. The maximum Gasteiger partial charge on any atom is 0.166 e. The number of rotatable bonds is 2. The first-order valence-electron chi connectivity index (χ1n) is 5.23. The van der Waals surface area contributed by atoms with Crippen LogP contribution >= 0.6 is 0 Å². The Bertz CT molecular complexity index is 263. The van der Waals surface area contributed by atoms with Gasteiger partial charge in [-0.2, -0.15) is 0 Å². The summed E-state index contributed by atoms with van der Waals surface area (Å²) in [4.78, 5) is 23.3. The molecule has 14 heavy (non-hydrogen) atoms. The molecular weight excluding hydrogens is 176 g/mol. The highest BCUT2D eigenvalue weighted by molar-refractivity contribution is 6.22. The van der Waals surface area contributed by atoms with Gasteiger partial charge in [0.25, 0.3) is 0 Å². The van der Waals surface area contributed by atoms with Crippen molar-refractivity contribution >= 4 is 11.6 Å². The number of unbranched alkanes of at least 4 members (excludes halogenated alkanes) is 1. The average molecular weight is 194 g/mol. The summed E-state index contributed by atoms with van der Waals surface area (Å²) in [7, 11) is 0. The third-order valence-corrected chi connectivity index (χ3v) is 2.52. The lowest BCUT2D eigenvalue weighted by atomic mass is 9.74. The molecule has 0 heterocycles. The van der Waals surface area contributed by atoms with E-state index in [4.69, 9.17) is 0 Å². The number of ketones is 2. The SMILES string of the molecule is CCCC=C1C(=O)CC(C)(C)CC1=O. The highest BCUT2D eigenvalue weighted by Gasteiger charge is 2.34. The van der Waals surface area contributed by atoms with Crippen LogP contribution in [0, 0.1) is 5.41 Å². The fourth-order valence-corrected chi connectivity index (χ4v) is 1.79. The second-order valence-corrected chi connectivity index (χ2v) is 4.77. The van der Waals surface area contributed by atoms with E-state index in [1.54, 1.807) is 6.08 Å². The van der Waals surface area contributed by atoms with Crippen LogP contribution in [0.15, 0.2) is 11.6 Å². The molecule has 0 saturated heterocycles. The fourth-order valence-electron chi connectivity index (χ4n) is 1.79. The third-order valence-electron chi connectivity index (χ3n) is 2.52. The van der Waals surface area contributed by atoms with Crippen molar-refractivity contribution in [3.8, 4) is 0 Å². The van der Waals surface area contributed by atoms with E-state index in [9.17, 15) is 9.59 Å². The van der Waals surface area contributed by atoms with Crippen molar-refractivity contribution in [3.63, 3.8) is 0 Å². The van der Waals surface area contributed by atoms with Gasteiger partial charge in [-0.25, -0.2) is 0 Å². The predicted octanol–water partition coefficient (Wildman–Crippen LogP) is 2.67. The molecule has 0 aliphatic heterocycles. The van der Waals surface area contributed by atoms with Crippen molar-refractivity contribution in [1.29, 1.82) is 0 Å². The van der Waals surface area contributed by atoms with Crippen LogP contribution in [0.3, 0.4) is 0 Å². The zero-order valence-electron chi connectivity index (χ0n) is 9.22. The average Bonchev–Trinajstić information content (AvgIpc) is 2.00. The molecule has 1 saturated carbocycles. The molecule has 0 radical (unpaired) electrons. The Hall–Kier alpha value is -0.920. The lowest BCUT2D eigenvalue weighted by molar-refractivity contribution is -0.127. The molecule has 0 spiro atoms. The van der Waals surface area contributed by atoms with Crippen molar-refractivity contribution in [2.75, 3.05) is 0 Å². The van der Waals surface area contributed by atoms with Gasteiger partial charge in [-0.05, 0) is 11.8 Å². The molecule has 0 amide bonds. The molecule has 1 fully saturated rings. The zero-order chi connectivity index (χ0) is 10.8. The standard InChI is InChI=1S/C12H18O2/c1-4-5-6-9-10(13)7-12(2,3)8-11(9)14/h6H,4-5,7-8H2,1-3H3. The largest absolute Gasteiger partial charge is 0.294 e. The minimum atomic E-state index is -0.141. The van der Waals surface area contributed by atoms with Gasteiger partial charge in [0, 0.05) is 12.8 Å². The Morgan fingerprint density at radius 1 is 1.21 bits per heavy atom. The molecule has 0 N–H and O–H groups in total. The number of carbonyl (C=O) groups excluding carboxylic acids is 2. The van der Waals surface area contributed by atoms with Crippen LogP contribution < -0.4 is 0 Å². The first-order chi connectivity index (χ1) is 6.46. The third kappa shape index (κ3) is 2.53. The van der Waals surface area contributed by atoms with E-state index in [0.717, 1.165) is 12.8 Å². The highest BCUT2D eigenvalue weighted by atomic mass is 16.1. The fraction of sp³-hybridized carbons (Fsp3) is 0.667. The summed E-state index contributed by atoms with van der Waals surface area (Å²) in [6.45, 7) is 5.98. The lowest BCUT2D eigenvalue weighted by Crippen LogP contribution is -2.31. The molecule has 0 aromatic carbocycles. The number of Topliss-reactive ketones (excluding diaryl/α,β-unsaturated/α-hetero) is 2. The summed E-state index contributed by atoms with van der Waals surface area (Å²) < 4.78 is 0.